The molecule has 0 spiro atoms. The van der Waals surface area contributed by atoms with Crippen LogP contribution in [0.1, 0.15) is 30.7 Å². The van der Waals surface area contributed by atoms with Gasteiger partial charge in [-0.3, -0.25) is 0 Å². The van der Waals surface area contributed by atoms with Crippen molar-refractivity contribution in [3.63, 3.8) is 0 Å². The molecule has 3 heteroatoms. The zero-order valence-corrected chi connectivity index (χ0v) is 14.8. The summed E-state index contributed by atoms with van der Waals surface area (Å²) in [6.07, 6.45) is 4.19. The second kappa shape index (κ2) is 6.42. The number of para-hydroxylation sites is 2. The average molecular weight is 341 g/mol. The number of fused-ring (bicyclic) bond motifs is 3. The van der Waals surface area contributed by atoms with Crippen LogP contribution in [-0.4, -0.2) is 30.6 Å². The molecule has 2 heterocycles. The molecule has 0 N–H and O–H groups in total. The number of likely N-dealkylation sites (tertiary alicyclic amines) is 1. The van der Waals surface area contributed by atoms with Gasteiger partial charge in [-0.05, 0) is 48.9 Å². The number of rotatable bonds is 3. The summed E-state index contributed by atoms with van der Waals surface area (Å²) in [6, 6.07) is 20.7. The van der Waals surface area contributed by atoms with Gasteiger partial charge in [-0.1, -0.05) is 36.4 Å². The van der Waals surface area contributed by atoms with E-state index in [0.29, 0.717) is 12.0 Å². The lowest BCUT2D eigenvalue weighted by Crippen LogP contribution is -2.45. The summed E-state index contributed by atoms with van der Waals surface area (Å²) < 4.78 is 0. The Morgan fingerprint density at radius 2 is 1.62 bits per heavy atom. The molecule has 0 bridgehead atoms. The Bertz CT molecular complexity index is 698. The van der Waals surface area contributed by atoms with E-state index >= 15 is 0 Å². The SMILES string of the molecule is Cl.c1ccc(N2c3ccccc3[C@@H]3CN(CC4CC4)CC[C@H]32)cc1. The van der Waals surface area contributed by atoms with Crippen LogP contribution in [0.4, 0.5) is 11.4 Å². The Labute approximate surface area is 150 Å². The van der Waals surface area contributed by atoms with Gasteiger partial charge in [-0.15, -0.1) is 12.4 Å². The van der Waals surface area contributed by atoms with Crippen molar-refractivity contribution in [1.82, 2.24) is 4.90 Å². The van der Waals surface area contributed by atoms with Gasteiger partial charge in [-0.2, -0.15) is 0 Å². The molecule has 1 aliphatic carbocycles. The van der Waals surface area contributed by atoms with Crippen LogP contribution in [0.15, 0.2) is 54.6 Å². The highest BCUT2D eigenvalue weighted by Gasteiger charge is 2.42. The van der Waals surface area contributed by atoms with E-state index in [1.165, 1.54) is 50.3 Å². The molecule has 0 amide bonds. The van der Waals surface area contributed by atoms with Gasteiger partial charge >= 0.3 is 0 Å². The number of piperidine rings is 1. The van der Waals surface area contributed by atoms with Crippen molar-refractivity contribution in [1.29, 1.82) is 0 Å². The molecule has 2 fully saturated rings. The fourth-order valence-corrected chi connectivity index (χ4v) is 4.57. The first-order chi connectivity index (χ1) is 11.4. The molecule has 2 aromatic rings. The molecule has 0 aromatic heterocycles. The van der Waals surface area contributed by atoms with Crippen LogP contribution >= 0.6 is 12.4 Å². The fraction of sp³-hybridized carbons (Fsp3) is 0.429. The Kier molecular flexibility index (Phi) is 4.28. The Balaban J connectivity index is 0.00000146. The molecule has 2 nitrogen and oxygen atoms in total. The molecule has 0 radical (unpaired) electrons. The minimum absolute atomic E-state index is 0. The van der Waals surface area contributed by atoms with Gasteiger partial charge in [0.15, 0.2) is 0 Å². The van der Waals surface area contributed by atoms with Crippen molar-refractivity contribution >= 4 is 23.8 Å². The molecule has 1 saturated carbocycles. The van der Waals surface area contributed by atoms with Crippen LogP contribution < -0.4 is 4.90 Å². The molecular formula is C21H25ClN2. The van der Waals surface area contributed by atoms with Gasteiger partial charge in [0.25, 0.3) is 0 Å². The normalized spacial score (nSPS) is 25.8. The number of hydrogen-bond donors (Lipinski definition) is 0. The maximum Gasteiger partial charge on any atom is 0.0450 e. The average Bonchev–Trinajstić information content (AvgIpc) is 3.35. The second-order valence-corrected chi connectivity index (χ2v) is 7.43. The van der Waals surface area contributed by atoms with E-state index in [1.54, 1.807) is 5.56 Å². The third-order valence-electron chi connectivity index (χ3n) is 5.84. The van der Waals surface area contributed by atoms with Gasteiger partial charge in [0.2, 0.25) is 0 Å². The van der Waals surface area contributed by atoms with E-state index in [2.05, 4.69) is 64.4 Å². The van der Waals surface area contributed by atoms with E-state index < -0.39 is 0 Å². The van der Waals surface area contributed by atoms with Crippen LogP contribution in [0.25, 0.3) is 0 Å². The smallest absolute Gasteiger partial charge is 0.0450 e. The van der Waals surface area contributed by atoms with Crippen LogP contribution in [0.2, 0.25) is 0 Å². The van der Waals surface area contributed by atoms with Crippen molar-refractivity contribution in [2.45, 2.75) is 31.2 Å². The van der Waals surface area contributed by atoms with Crippen molar-refractivity contribution in [2.24, 2.45) is 5.92 Å². The Hall–Kier alpha value is -1.51. The van der Waals surface area contributed by atoms with E-state index in [9.17, 15) is 0 Å². The largest absolute Gasteiger partial charge is 0.337 e. The lowest BCUT2D eigenvalue weighted by atomic mass is 9.89. The molecule has 24 heavy (non-hydrogen) atoms. The maximum absolute atomic E-state index is 2.73. The first kappa shape index (κ1) is 16.0. The van der Waals surface area contributed by atoms with E-state index in [1.807, 2.05) is 0 Å². The maximum atomic E-state index is 2.73. The summed E-state index contributed by atoms with van der Waals surface area (Å²) in [5.41, 5.74) is 4.34. The third kappa shape index (κ3) is 2.72. The van der Waals surface area contributed by atoms with Crippen molar-refractivity contribution in [3.8, 4) is 0 Å². The third-order valence-corrected chi connectivity index (χ3v) is 5.84. The molecule has 2 aromatic carbocycles. The predicted molar refractivity (Wildman–Crippen MR) is 103 cm³/mol. The molecule has 126 valence electrons. The molecule has 3 aliphatic rings. The van der Waals surface area contributed by atoms with Gasteiger partial charge in [0.1, 0.15) is 0 Å². The Morgan fingerprint density at radius 3 is 2.42 bits per heavy atom. The summed E-state index contributed by atoms with van der Waals surface area (Å²) >= 11 is 0. The van der Waals surface area contributed by atoms with Crippen LogP contribution in [0.5, 0.6) is 0 Å². The molecule has 2 aliphatic heterocycles. The van der Waals surface area contributed by atoms with E-state index in [0.717, 1.165) is 5.92 Å². The molecule has 5 rings (SSSR count). The highest BCUT2D eigenvalue weighted by molar-refractivity contribution is 5.85. The summed E-state index contributed by atoms with van der Waals surface area (Å²) in [7, 11) is 0. The van der Waals surface area contributed by atoms with Gasteiger partial charge < -0.3 is 9.80 Å². The first-order valence-electron chi connectivity index (χ1n) is 9.06. The highest BCUT2D eigenvalue weighted by Crippen LogP contribution is 2.48. The molecule has 2 atom stereocenters. The predicted octanol–water partition coefficient (Wildman–Crippen LogP) is 4.83. The summed E-state index contributed by atoms with van der Waals surface area (Å²) in [5, 5.41) is 0. The van der Waals surface area contributed by atoms with Gasteiger partial charge in [0, 0.05) is 43.0 Å². The van der Waals surface area contributed by atoms with Gasteiger partial charge in [0.05, 0.1) is 0 Å². The summed E-state index contributed by atoms with van der Waals surface area (Å²) in [5.74, 6) is 1.66. The monoisotopic (exact) mass is 340 g/mol. The van der Waals surface area contributed by atoms with Crippen molar-refractivity contribution in [3.05, 3.63) is 60.2 Å². The minimum Gasteiger partial charge on any atom is -0.337 e. The standard InChI is InChI=1S/C21H24N2.ClH/c1-2-6-17(7-3-1)23-20-9-5-4-8-18(20)19-15-22(13-12-21(19)23)14-16-10-11-16;/h1-9,16,19,21H,10-15H2;1H/t19-,21+;/m0./s1. The number of anilines is 2. The minimum atomic E-state index is 0. The zero-order valence-electron chi connectivity index (χ0n) is 14.0. The highest BCUT2D eigenvalue weighted by atomic mass is 35.5. The fourth-order valence-electron chi connectivity index (χ4n) is 4.57. The van der Waals surface area contributed by atoms with Gasteiger partial charge in [-0.25, -0.2) is 0 Å². The quantitative estimate of drug-likeness (QED) is 0.789. The van der Waals surface area contributed by atoms with Crippen LogP contribution in [0.3, 0.4) is 0 Å². The van der Waals surface area contributed by atoms with E-state index in [-0.39, 0.29) is 12.4 Å². The zero-order chi connectivity index (χ0) is 15.2. The number of halogens is 1. The van der Waals surface area contributed by atoms with Crippen molar-refractivity contribution < 1.29 is 0 Å². The second-order valence-electron chi connectivity index (χ2n) is 7.43. The lowest BCUT2D eigenvalue weighted by Gasteiger charge is -2.39. The first-order valence-corrected chi connectivity index (χ1v) is 9.06. The molecule has 1 saturated heterocycles. The van der Waals surface area contributed by atoms with Crippen LogP contribution in [-0.2, 0) is 0 Å². The summed E-state index contributed by atoms with van der Waals surface area (Å²) in [4.78, 5) is 5.33. The number of hydrogen-bond acceptors (Lipinski definition) is 2. The van der Waals surface area contributed by atoms with Crippen molar-refractivity contribution in [2.75, 3.05) is 24.5 Å². The number of benzene rings is 2. The summed E-state index contributed by atoms with van der Waals surface area (Å²) in [6.45, 7) is 3.83. The lowest BCUT2D eigenvalue weighted by molar-refractivity contribution is 0.190. The van der Waals surface area contributed by atoms with E-state index in [4.69, 9.17) is 0 Å². The Morgan fingerprint density at radius 1 is 0.875 bits per heavy atom. The number of nitrogens with zero attached hydrogens (tertiary/aromatic N) is 2. The topological polar surface area (TPSA) is 6.48 Å². The molecule has 0 unspecified atom stereocenters. The van der Waals surface area contributed by atoms with Crippen LogP contribution in [0, 0.1) is 5.92 Å². The molecular weight excluding hydrogens is 316 g/mol.